The molecule has 1 aromatic carbocycles. The summed E-state index contributed by atoms with van der Waals surface area (Å²) in [5, 5.41) is 3.74. The van der Waals surface area contributed by atoms with Crippen LogP contribution in [0, 0.1) is 0 Å². The van der Waals surface area contributed by atoms with Gasteiger partial charge in [0.25, 0.3) is 5.91 Å². The predicted octanol–water partition coefficient (Wildman–Crippen LogP) is 2.61. The number of aromatic nitrogens is 1. The number of methoxy groups -OCH3 is 1. The molecule has 0 spiro atoms. The van der Waals surface area contributed by atoms with Gasteiger partial charge in [-0.2, -0.15) is 0 Å². The zero-order valence-electron chi connectivity index (χ0n) is 11.3. The van der Waals surface area contributed by atoms with Gasteiger partial charge >= 0.3 is 0 Å². The molecule has 5 heteroatoms. The molecular weight excluding hydrogens is 276 g/mol. The summed E-state index contributed by atoms with van der Waals surface area (Å²) in [6, 6.07) is 11.3. The lowest BCUT2D eigenvalue weighted by atomic mass is 10.2. The van der Waals surface area contributed by atoms with E-state index in [2.05, 4.69) is 10.3 Å². The molecule has 4 nitrogen and oxygen atoms in total. The van der Waals surface area contributed by atoms with Crippen molar-refractivity contribution in [3.05, 3.63) is 42.1 Å². The van der Waals surface area contributed by atoms with Gasteiger partial charge in [-0.1, -0.05) is 24.3 Å². The van der Waals surface area contributed by atoms with Crippen LogP contribution in [-0.4, -0.2) is 36.5 Å². The molecule has 1 unspecified atom stereocenters. The van der Waals surface area contributed by atoms with Crippen LogP contribution in [-0.2, 0) is 4.74 Å². The smallest absolute Gasteiger partial charge is 0.269 e. The minimum absolute atomic E-state index is 0.0927. The quantitative estimate of drug-likeness (QED) is 0.833. The van der Waals surface area contributed by atoms with Gasteiger partial charge in [0.2, 0.25) is 0 Å². The van der Waals surface area contributed by atoms with E-state index in [1.54, 1.807) is 13.2 Å². The number of carbonyl (C=O) groups excluding carboxylic acids is 1. The minimum Gasteiger partial charge on any atom is -0.383 e. The number of ether oxygens (including phenoxy) is 1. The average Bonchev–Trinajstić information content (AvgIpc) is 2.47. The fraction of sp³-hybridized carbons (Fsp3) is 0.333. The lowest BCUT2D eigenvalue weighted by Gasteiger charge is -2.09. The van der Waals surface area contributed by atoms with Gasteiger partial charge in [0, 0.05) is 19.0 Å². The van der Waals surface area contributed by atoms with Crippen molar-refractivity contribution >= 4 is 28.4 Å². The van der Waals surface area contributed by atoms with Crippen molar-refractivity contribution in [1.29, 1.82) is 0 Å². The van der Waals surface area contributed by atoms with E-state index in [1.165, 1.54) is 0 Å². The number of halogens is 1. The van der Waals surface area contributed by atoms with Gasteiger partial charge in [-0.25, -0.2) is 4.98 Å². The Morgan fingerprint density at radius 2 is 2.15 bits per heavy atom. The zero-order chi connectivity index (χ0) is 14.4. The number of hydrogen-bond acceptors (Lipinski definition) is 3. The van der Waals surface area contributed by atoms with Gasteiger partial charge in [0.05, 0.1) is 17.5 Å². The molecule has 0 aliphatic rings. The van der Waals surface area contributed by atoms with Gasteiger partial charge in [0.15, 0.2) is 0 Å². The molecule has 0 fully saturated rings. The second-order valence-corrected chi connectivity index (χ2v) is 5.10. The van der Waals surface area contributed by atoms with Crippen LogP contribution in [0.15, 0.2) is 36.4 Å². The molecule has 0 aliphatic carbocycles. The summed E-state index contributed by atoms with van der Waals surface area (Å²) >= 11 is 6.00. The molecule has 1 amide bonds. The molecule has 1 atom stereocenters. The van der Waals surface area contributed by atoms with E-state index in [0.717, 1.165) is 10.9 Å². The number of nitrogens with one attached hydrogen (secondary N) is 1. The number of amides is 1. The summed E-state index contributed by atoms with van der Waals surface area (Å²) in [4.78, 5) is 16.3. The van der Waals surface area contributed by atoms with E-state index in [-0.39, 0.29) is 11.3 Å². The largest absolute Gasteiger partial charge is 0.383 e. The van der Waals surface area contributed by atoms with E-state index in [1.807, 2.05) is 30.3 Å². The number of carbonyl (C=O) groups is 1. The Kier molecular flexibility index (Phi) is 5.32. The van der Waals surface area contributed by atoms with Crippen molar-refractivity contribution in [2.75, 3.05) is 20.3 Å². The number of hydrogen-bond donors (Lipinski definition) is 1. The number of nitrogens with zero attached hydrogens (tertiary/aromatic N) is 1. The number of benzene rings is 1. The fourth-order valence-corrected chi connectivity index (χ4v) is 2.12. The molecule has 1 heterocycles. The first-order chi connectivity index (χ1) is 9.70. The molecule has 0 bridgehead atoms. The summed E-state index contributed by atoms with van der Waals surface area (Å²) in [5.74, 6) is -0.183. The first kappa shape index (κ1) is 14.8. The van der Waals surface area contributed by atoms with E-state index < -0.39 is 0 Å². The molecule has 1 aromatic heterocycles. The standard InChI is InChI=1S/C15H17ClN2O2/c1-20-10-12(16)8-9-17-15(19)14-7-6-11-4-2-3-5-13(11)18-14/h2-7,12H,8-10H2,1H3,(H,17,19). The molecule has 0 saturated carbocycles. The summed E-state index contributed by atoms with van der Waals surface area (Å²) in [5.41, 5.74) is 1.23. The van der Waals surface area contributed by atoms with Crippen molar-refractivity contribution in [3.8, 4) is 0 Å². The number of alkyl halides is 1. The second kappa shape index (κ2) is 7.22. The van der Waals surface area contributed by atoms with Gasteiger partial charge in [-0.05, 0) is 18.6 Å². The molecular formula is C15H17ClN2O2. The highest BCUT2D eigenvalue weighted by molar-refractivity contribution is 6.20. The lowest BCUT2D eigenvalue weighted by Crippen LogP contribution is -2.27. The Labute approximate surface area is 123 Å². The molecule has 0 radical (unpaired) electrons. The van der Waals surface area contributed by atoms with Crippen LogP contribution in [0.1, 0.15) is 16.9 Å². The molecule has 20 heavy (non-hydrogen) atoms. The zero-order valence-corrected chi connectivity index (χ0v) is 12.1. The van der Waals surface area contributed by atoms with Crippen LogP contribution in [0.2, 0.25) is 0 Å². The van der Waals surface area contributed by atoms with E-state index in [0.29, 0.717) is 25.3 Å². The first-order valence-corrected chi connectivity index (χ1v) is 6.91. The SMILES string of the molecule is COCC(Cl)CCNC(=O)c1ccc2ccccc2n1. The van der Waals surface area contributed by atoms with Crippen molar-refractivity contribution in [3.63, 3.8) is 0 Å². The molecule has 1 N–H and O–H groups in total. The maximum Gasteiger partial charge on any atom is 0.269 e. The van der Waals surface area contributed by atoms with E-state index >= 15 is 0 Å². The highest BCUT2D eigenvalue weighted by Crippen LogP contribution is 2.11. The third-order valence-corrected chi connectivity index (χ3v) is 3.27. The van der Waals surface area contributed by atoms with Crippen LogP contribution in [0.4, 0.5) is 0 Å². The Balaban J connectivity index is 1.94. The minimum atomic E-state index is -0.183. The monoisotopic (exact) mass is 292 g/mol. The Morgan fingerprint density at radius 1 is 1.35 bits per heavy atom. The molecule has 2 rings (SSSR count). The summed E-state index contributed by atoms with van der Waals surface area (Å²) in [6.45, 7) is 0.983. The summed E-state index contributed by atoms with van der Waals surface area (Å²) in [6.07, 6.45) is 0.661. The average molecular weight is 293 g/mol. The van der Waals surface area contributed by atoms with Crippen molar-refractivity contribution in [1.82, 2.24) is 10.3 Å². The van der Waals surface area contributed by atoms with Crippen molar-refractivity contribution < 1.29 is 9.53 Å². The summed E-state index contributed by atoms with van der Waals surface area (Å²) < 4.78 is 4.94. The van der Waals surface area contributed by atoms with Crippen LogP contribution in [0.5, 0.6) is 0 Å². The third-order valence-electron chi connectivity index (χ3n) is 2.92. The molecule has 106 valence electrons. The Bertz CT molecular complexity index is 589. The normalized spacial score (nSPS) is 12.3. The van der Waals surface area contributed by atoms with Crippen molar-refractivity contribution in [2.45, 2.75) is 11.8 Å². The Morgan fingerprint density at radius 3 is 2.95 bits per heavy atom. The number of fused-ring (bicyclic) bond motifs is 1. The third kappa shape index (κ3) is 3.92. The van der Waals surface area contributed by atoms with Crippen LogP contribution < -0.4 is 5.32 Å². The van der Waals surface area contributed by atoms with Crippen LogP contribution in [0.25, 0.3) is 10.9 Å². The number of pyridine rings is 1. The number of rotatable bonds is 6. The topological polar surface area (TPSA) is 51.2 Å². The maximum atomic E-state index is 12.0. The molecule has 0 aliphatic heterocycles. The van der Waals surface area contributed by atoms with E-state index in [9.17, 15) is 4.79 Å². The van der Waals surface area contributed by atoms with Crippen molar-refractivity contribution in [2.24, 2.45) is 0 Å². The fourth-order valence-electron chi connectivity index (χ4n) is 1.89. The second-order valence-electron chi connectivity index (χ2n) is 4.49. The molecule has 2 aromatic rings. The van der Waals surface area contributed by atoms with Crippen LogP contribution >= 0.6 is 11.6 Å². The first-order valence-electron chi connectivity index (χ1n) is 6.47. The highest BCUT2D eigenvalue weighted by Gasteiger charge is 2.09. The molecule has 0 saturated heterocycles. The van der Waals surface area contributed by atoms with Gasteiger partial charge in [-0.15, -0.1) is 11.6 Å². The van der Waals surface area contributed by atoms with Gasteiger partial charge in [0.1, 0.15) is 5.69 Å². The maximum absolute atomic E-state index is 12.0. The Hall–Kier alpha value is -1.65. The lowest BCUT2D eigenvalue weighted by molar-refractivity contribution is 0.0947. The van der Waals surface area contributed by atoms with Crippen LogP contribution in [0.3, 0.4) is 0 Å². The highest BCUT2D eigenvalue weighted by atomic mass is 35.5. The number of para-hydroxylation sites is 1. The van der Waals surface area contributed by atoms with Gasteiger partial charge < -0.3 is 10.1 Å². The predicted molar refractivity (Wildman–Crippen MR) is 80.2 cm³/mol. The summed E-state index contributed by atoms with van der Waals surface area (Å²) in [7, 11) is 1.60. The van der Waals surface area contributed by atoms with E-state index in [4.69, 9.17) is 16.3 Å². The van der Waals surface area contributed by atoms with Gasteiger partial charge in [-0.3, -0.25) is 4.79 Å².